The number of carbonyl (C=O) groups is 1. The number of aromatic hydroxyl groups is 1. The molecule has 2 aliphatic rings. The number of hydrogen-bond donors (Lipinski definition) is 2. The molecule has 39 heavy (non-hydrogen) atoms. The molecule has 2 fully saturated rings. The molecular formula is C34H43ClN2O2. The molecule has 2 N–H and O–H groups in total. The van der Waals surface area contributed by atoms with E-state index >= 15 is 0 Å². The molecule has 1 aliphatic carbocycles. The molecule has 0 aromatic heterocycles. The average Bonchev–Trinajstić information content (AvgIpc) is 2.92. The fourth-order valence-corrected chi connectivity index (χ4v) is 7.00. The van der Waals surface area contributed by atoms with Crippen LogP contribution in [0.1, 0.15) is 63.1 Å². The second kappa shape index (κ2) is 12.1. The number of benzene rings is 3. The van der Waals surface area contributed by atoms with E-state index in [-0.39, 0.29) is 29.8 Å². The fourth-order valence-electron chi connectivity index (χ4n) is 7.00. The molecule has 1 saturated carbocycles. The lowest BCUT2D eigenvalue weighted by atomic mass is 9.57. The van der Waals surface area contributed by atoms with Crippen molar-refractivity contribution in [2.24, 2.45) is 5.92 Å². The van der Waals surface area contributed by atoms with Gasteiger partial charge in [0.05, 0.1) is 5.41 Å². The molecule has 5 heteroatoms. The molecular weight excluding hydrogens is 504 g/mol. The van der Waals surface area contributed by atoms with E-state index in [4.69, 9.17) is 0 Å². The number of piperidine rings is 1. The van der Waals surface area contributed by atoms with Crippen LogP contribution in [0.2, 0.25) is 0 Å². The first-order chi connectivity index (χ1) is 18.3. The highest BCUT2D eigenvalue weighted by Gasteiger charge is 2.51. The van der Waals surface area contributed by atoms with Gasteiger partial charge in [0.25, 0.3) is 0 Å². The van der Waals surface area contributed by atoms with Gasteiger partial charge in [-0.25, -0.2) is 0 Å². The lowest BCUT2D eigenvalue weighted by Crippen LogP contribution is -2.62. The van der Waals surface area contributed by atoms with Crippen LogP contribution in [-0.2, 0) is 22.0 Å². The van der Waals surface area contributed by atoms with E-state index in [2.05, 4.69) is 53.5 Å². The molecule has 3 aromatic rings. The zero-order valence-electron chi connectivity index (χ0n) is 23.5. The molecule has 0 unspecified atom stereocenters. The van der Waals surface area contributed by atoms with Crippen LogP contribution in [-0.4, -0.2) is 41.1 Å². The summed E-state index contributed by atoms with van der Waals surface area (Å²) in [6.07, 6.45) is 5.15. The summed E-state index contributed by atoms with van der Waals surface area (Å²) in [5.74, 6) is 0.824. The largest absolute Gasteiger partial charge is 0.508 e. The van der Waals surface area contributed by atoms with Crippen molar-refractivity contribution in [3.05, 3.63) is 102 Å². The Bertz CT molecular complexity index is 1230. The molecule has 1 amide bonds. The Balaban J connectivity index is 0.00000353. The topological polar surface area (TPSA) is 52.6 Å². The zero-order valence-corrected chi connectivity index (χ0v) is 24.3. The van der Waals surface area contributed by atoms with Crippen molar-refractivity contribution in [3.8, 4) is 5.75 Å². The molecule has 208 valence electrons. The molecule has 1 aliphatic heterocycles. The Morgan fingerprint density at radius 1 is 1.00 bits per heavy atom. The maximum atomic E-state index is 13.7. The summed E-state index contributed by atoms with van der Waals surface area (Å²) in [7, 11) is 0. The van der Waals surface area contributed by atoms with Crippen molar-refractivity contribution in [1.29, 1.82) is 0 Å². The number of fused-ring (bicyclic) bond motifs is 2. The van der Waals surface area contributed by atoms with Crippen LogP contribution < -0.4 is 5.32 Å². The van der Waals surface area contributed by atoms with Crippen molar-refractivity contribution < 1.29 is 9.90 Å². The van der Waals surface area contributed by atoms with Crippen molar-refractivity contribution in [3.63, 3.8) is 0 Å². The molecule has 2 bridgehead atoms. The van der Waals surface area contributed by atoms with Gasteiger partial charge >= 0.3 is 0 Å². The number of aryl methyl sites for hydroxylation is 1. The number of likely N-dealkylation sites (tertiary alicyclic amines) is 1. The number of nitrogens with zero attached hydrogens (tertiary/aromatic N) is 1. The Kier molecular flexibility index (Phi) is 9.08. The predicted octanol–water partition coefficient (Wildman–Crippen LogP) is 6.65. The molecule has 5 rings (SSSR count). The van der Waals surface area contributed by atoms with Crippen LogP contribution in [0.15, 0.2) is 84.9 Å². The Hall–Kier alpha value is -2.82. The van der Waals surface area contributed by atoms with Gasteiger partial charge in [-0.2, -0.15) is 0 Å². The minimum Gasteiger partial charge on any atom is -0.508 e. The van der Waals surface area contributed by atoms with Crippen LogP contribution in [0, 0.1) is 5.92 Å². The standard InChI is InChI=1S/C34H42N2O2.ClH/c1-25-24-36(19-11-14-26-12-6-4-7-13-26)30-21-29(22-34(25,23-30)28-17-10-18-31(37)20-28)35-32(38)33(2,3)27-15-8-5-9-16-27;/h4-10,12-13,15-18,20,25,29-30,37H,11,14,19,21-24H2,1-3H3,(H,35,38);1H/t25-,29+,30+,34+;/m0./s1. The van der Waals surface area contributed by atoms with E-state index in [1.807, 2.05) is 56.3 Å². The van der Waals surface area contributed by atoms with Crippen LogP contribution in [0.4, 0.5) is 0 Å². The number of nitrogens with one attached hydrogen (secondary N) is 1. The summed E-state index contributed by atoms with van der Waals surface area (Å²) in [5, 5.41) is 13.9. The van der Waals surface area contributed by atoms with Crippen LogP contribution >= 0.6 is 12.4 Å². The molecule has 0 spiro atoms. The highest BCUT2D eigenvalue weighted by molar-refractivity contribution is 5.87. The van der Waals surface area contributed by atoms with E-state index in [0.717, 1.165) is 50.8 Å². The van der Waals surface area contributed by atoms with Crippen molar-refractivity contribution in [1.82, 2.24) is 10.2 Å². The number of hydrogen-bond acceptors (Lipinski definition) is 3. The molecule has 1 heterocycles. The first kappa shape index (κ1) is 29.2. The highest BCUT2D eigenvalue weighted by Crippen LogP contribution is 2.50. The Morgan fingerprint density at radius 2 is 1.69 bits per heavy atom. The third kappa shape index (κ3) is 6.18. The van der Waals surface area contributed by atoms with E-state index in [9.17, 15) is 9.90 Å². The minimum absolute atomic E-state index is 0. The van der Waals surface area contributed by atoms with E-state index in [1.54, 1.807) is 6.07 Å². The molecule has 4 nitrogen and oxygen atoms in total. The third-order valence-corrected chi connectivity index (χ3v) is 9.31. The van der Waals surface area contributed by atoms with Gasteiger partial charge in [0.1, 0.15) is 5.75 Å². The van der Waals surface area contributed by atoms with Crippen molar-refractivity contribution in [2.75, 3.05) is 13.1 Å². The fraction of sp³-hybridized carbons (Fsp3) is 0.441. The summed E-state index contributed by atoms with van der Waals surface area (Å²) in [5.41, 5.74) is 2.97. The second-order valence-corrected chi connectivity index (χ2v) is 12.2. The maximum Gasteiger partial charge on any atom is 0.230 e. The minimum atomic E-state index is -0.604. The van der Waals surface area contributed by atoms with E-state index in [1.165, 1.54) is 11.1 Å². The van der Waals surface area contributed by atoms with Gasteiger partial charge < -0.3 is 10.4 Å². The highest BCUT2D eigenvalue weighted by atomic mass is 35.5. The number of phenols is 1. The summed E-state index contributed by atoms with van der Waals surface area (Å²) in [6, 6.07) is 29.2. The second-order valence-electron chi connectivity index (χ2n) is 12.2. The number of rotatable bonds is 8. The maximum absolute atomic E-state index is 13.7. The predicted molar refractivity (Wildman–Crippen MR) is 162 cm³/mol. The van der Waals surface area contributed by atoms with E-state index in [0.29, 0.717) is 17.7 Å². The first-order valence-electron chi connectivity index (χ1n) is 14.2. The Labute approximate surface area is 240 Å². The molecule has 3 aromatic carbocycles. The quantitative estimate of drug-likeness (QED) is 0.332. The van der Waals surface area contributed by atoms with Crippen LogP contribution in [0.5, 0.6) is 5.75 Å². The summed E-state index contributed by atoms with van der Waals surface area (Å²) in [6.45, 7) is 8.51. The monoisotopic (exact) mass is 546 g/mol. The van der Waals surface area contributed by atoms with Gasteiger partial charge in [0.15, 0.2) is 0 Å². The number of carbonyl (C=O) groups excluding carboxylic acids is 1. The third-order valence-electron chi connectivity index (χ3n) is 9.31. The molecule has 4 atom stereocenters. The van der Waals surface area contributed by atoms with Gasteiger partial charge in [0.2, 0.25) is 5.91 Å². The Morgan fingerprint density at radius 3 is 2.38 bits per heavy atom. The number of phenolic OH excluding ortho intramolecular Hbond substituents is 1. The van der Waals surface area contributed by atoms with Crippen LogP contribution in [0.25, 0.3) is 0 Å². The summed E-state index contributed by atoms with van der Waals surface area (Å²) < 4.78 is 0. The SMILES string of the molecule is C[C@H]1CN(CCCc2ccccc2)[C@@H]2C[C@@H](NC(=O)C(C)(C)c3ccccc3)C[C@@]1(c1cccc(O)c1)C2.Cl. The van der Waals surface area contributed by atoms with Gasteiger partial charge in [0, 0.05) is 24.0 Å². The van der Waals surface area contributed by atoms with Gasteiger partial charge in [-0.15, -0.1) is 12.4 Å². The van der Waals surface area contributed by atoms with Gasteiger partial charge in [-0.1, -0.05) is 79.7 Å². The average molecular weight is 547 g/mol. The van der Waals surface area contributed by atoms with E-state index < -0.39 is 5.41 Å². The van der Waals surface area contributed by atoms with Gasteiger partial charge in [-0.3, -0.25) is 9.69 Å². The van der Waals surface area contributed by atoms with Crippen LogP contribution in [0.3, 0.4) is 0 Å². The molecule has 1 saturated heterocycles. The first-order valence-corrected chi connectivity index (χ1v) is 14.2. The molecule has 0 radical (unpaired) electrons. The number of amides is 1. The lowest BCUT2D eigenvalue weighted by Gasteiger charge is -2.57. The van der Waals surface area contributed by atoms with Crippen molar-refractivity contribution >= 4 is 18.3 Å². The van der Waals surface area contributed by atoms with Crippen molar-refractivity contribution in [2.45, 2.75) is 75.8 Å². The smallest absolute Gasteiger partial charge is 0.230 e. The normalized spacial score (nSPS) is 24.9. The lowest BCUT2D eigenvalue weighted by molar-refractivity contribution is -0.127. The van der Waals surface area contributed by atoms with Gasteiger partial charge in [-0.05, 0) is 87.2 Å². The summed E-state index contributed by atoms with van der Waals surface area (Å²) >= 11 is 0. The zero-order chi connectivity index (χ0) is 26.8. The summed E-state index contributed by atoms with van der Waals surface area (Å²) in [4.78, 5) is 16.4. The number of halogens is 1.